The number of fused-ring (bicyclic) bond motifs is 1. The molecule has 0 saturated carbocycles. The number of esters is 1. The summed E-state index contributed by atoms with van der Waals surface area (Å²) in [5.74, 6) is -0.445. The van der Waals surface area contributed by atoms with E-state index in [4.69, 9.17) is 13.9 Å². The van der Waals surface area contributed by atoms with Gasteiger partial charge in [-0.25, -0.2) is 4.79 Å². The molecule has 0 aliphatic carbocycles. The Labute approximate surface area is 167 Å². The summed E-state index contributed by atoms with van der Waals surface area (Å²) in [6, 6.07) is 14.7. The highest BCUT2D eigenvalue weighted by atomic mass is 16.5. The molecule has 3 rings (SSSR count). The van der Waals surface area contributed by atoms with E-state index in [0.29, 0.717) is 22.3 Å². The van der Waals surface area contributed by atoms with Gasteiger partial charge in [-0.15, -0.1) is 0 Å². The molecule has 2 aromatic carbocycles. The van der Waals surface area contributed by atoms with E-state index < -0.39 is 23.5 Å². The van der Waals surface area contributed by atoms with Gasteiger partial charge in [0.25, 0.3) is 5.91 Å². The average Bonchev–Trinajstić information content (AvgIpc) is 2.73. The van der Waals surface area contributed by atoms with Crippen LogP contribution in [0.3, 0.4) is 0 Å². The van der Waals surface area contributed by atoms with Gasteiger partial charge in [0.2, 0.25) is 0 Å². The maximum absolute atomic E-state index is 12.8. The number of methoxy groups -OCH3 is 1. The summed E-state index contributed by atoms with van der Waals surface area (Å²) in [5.41, 5.74) is 0.196. The summed E-state index contributed by atoms with van der Waals surface area (Å²) in [6.07, 6.45) is -0.0785. The van der Waals surface area contributed by atoms with E-state index in [1.165, 1.54) is 6.07 Å². The van der Waals surface area contributed by atoms with Crippen molar-refractivity contribution in [3.8, 4) is 5.75 Å². The molecule has 29 heavy (non-hydrogen) atoms. The van der Waals surface area contributed by atoms with Crippen molar-refractivity contribution in [2.24, 2.45) is 0 Å². The van der Waals surface area contributed by atoms with Crippen molar-refractivity contribution < 1.29 is 23.5 Å². The second kappa shape index (κ2) is 9.05. The fraction of sp³-hybridized carbons (Fsp3) is 0.227. The van der Waals surface area contributed by atoms with E-state index in [1.807, 2.05) is 0 Å². The summed E-state index contributed by atoms with van der Waals surface area (Å²) in [4.78, 5) is 37.1. The fourth-order valence-corrected chi connectivity index (χ4v) is 2.93. The van der Waals surface area contributed by atoms with Crippen LogP contribution in [0.5, 0.6) is 5.75 Å². The predicted octanol–water partition coefficient (Wildman–Crippen LogP) is 3.23. The fourth-order valence-electron chi connectivity index (χ4n) is 2.93. The predicted molar refractivity (Wildman–Crippen MR) is 107 cm³/mol. The van der Waals surface area contributed by atoms with Gasteiger partial charge in [0, 0.05) is 5.39 Å². The topological polar surface area (TPSA) is 94.8 Å². The zero-order chi connectivity index (χ0) is 20.8. The normalized spacial score (nSPS) is 11.7. The summed E-state index contributed by atoms with van der Waals surface area (Å²) < 4.78 is 15.4. The molecule has 0 unspecified atom stereocenters. The average molecular weight is 395 g/mol. The molecule has 1 heterocycles. The lowest BCUT2D eigenvalue weighted by atomic mass is 10.0. The number of hydrogen-bond acceptors (Lipinski definition) is 6. The van der Waals surface area contributed by atoms with Gasteiger partial charge in [0.1, 0.15) is 16.9 Å². The van der Waals surface area contributed by atoms with Crippen LogP contribution in [0.4, 0.5) is 0 Å². The highest BCUT2D eigenvalue weighted by Crippen LogP contribution is 2.22. The molecule has 0 spiro atoms. The number of amides is 1. The Morgan fingerprint density at radius 2 is 1.83 bits per heavy atom. The van der Waals surface area contributed by atoms with Gasteiger partial charge in [-0.1, -0.05) is 30.3 Å². The molecule has 0 bridgehead atoms. The van der Waals surface area contributed by atoms with Gasteiger partial charge in [-0.2, -0.15) is 0 Å². The molecular formula is C22H21NO6. The summed E-state index contributed by atoms with van der Waals surface area (Å²) in [6.45, 7) is 1.94. The van der Waals surface area contributed by atoms with E-state index in [-0.39, 0.29) is 18.6 Å². The Hall–Kier alpha value is -3.61. The van der Waals surface area contributed by atoms with E-state index in [1.54, 1.807) is 62.6 Å². The lowest BCUT2D eigenvalue weighted by molar-refractivity contribution is -0.143. The van der Waals surface area contributed by atoms with Gasteiger partial charge in [0.05, 0.1) is 26.2 Å². The third kappa shape index (κ3) is 4.82. The summed E-state index contributed by atoms with van der Waals surface area (Å²) in [5, 5.41) is 3.37. The van der Waals surface area contributed by atoms with Crippen LogP contribution in [0.1, 0.15) is 35.3 Å². The van der Waals surface area contributed by atoms with Crippen LogP contribution in [-0.2, 0) is 9.53 Å². The Morgan fingerprint density at radius 1 is 1.10 bits per heavy atom. The van der Waals surface area contributed by atoms with Crippen LogP contribution >= 0.6 is 0 Å². The first kappa shape index (κ1) is 20.1. The van der Waals surface area contributed by atoms with Crippen molar-refractivity contribution >= 4 is 22.8 Å². The first-order chi connectivity index (χ1) is 14.0. The van der Waals surface area contributed by atoms with Crippen molar-refractivity contribution in [1.29, 1.82) is 0 Å². The molecule has 0 saturated heterocycles. The second-order valence-electron chi connectivity index (χ2n) is 6.29. The zero-order valence-electron chi connectivity index (χ0n) is 16.1. The number of para-hydroxylation sites is 1. The van der Waals surface area contributed by atoms with Gasteiger partial charge >= 0.3 is 11.6 Å². The molecule has 0 fully saturated rings. The van der Waals surface area contributed by atoms with Crippen molar-refractivity contribution in [3.63, 3.8) is 0 Å². The Morgan fingerprint density at radius 3 is 2.52 bits per heavy atom. The zero-order valence-corrected chi connectivity index (χ0v) is 16.1. The first-order valence-electron chi connectivity index (χ1n) is 9.15. The van der Waals surface area contributed by atoms with Crippen LogP contribution in [0.2, 0.25) is 0 Å². The Kier molecular flexibility index (Phi) is 6.29. The molecule has 150 valence electrons. The van der Waals surface area contributed by atoms with Crippen LogP contribution in [-0.4, -0.2) is 25.6 Å². The molecule has 0 radical (unpaired) electrons. The lowest BCUT2D eigenvalue weighted by Gasteiger charge is -2.18. The number of ether oxygens (including phenoxy) is 2. The van der Waals surface area contributed by atoms with E-state index in [9.17, 15) is 14.4 Å². The highest BCUT2D eigenvalue weighted by molar-refractivity contribution is 5.97. The lowest BCUT2D eigenvalue weighted by Crippen LogP contribution is -2.33. The van der Waals surface area contributed by atoms with Crippen molar-refractivity contribution in [1.82, 2.24) is 5.32 Å². The molecular weight excluding hydrogens is 374 g/mol. The minimum atomic E-state index is -0.745. The second-order valence-corrected chi connectivity index (χ2v) is 6.29. The smallest absolute Gasteiger partial charge is 0.349 e. The van der Waals surface area contributed by atoms with Crippen LogP contribution < -0.4 is 15.7 Å². The SMILES string of the molecule is CCOC(=O)C[C@H](NC(=O)c1cc2ccccc2oc1=O)c1ccc(OC)cc1. The van der Waals surface area contributed by atoms with Crippen molar-refractivity contribution in [2.75, 3.05) is 13.7 Å². The standard InChI is InChI=1S/C22H21NO6/c1-3-28-20(24)13-18(14-8-10-16(27-2)11-9-14)23-21(25)17-12-15-6-4-5-7-19(15)29-22(17)26/h4-12,18H,3,13H2,1-2H3,(H,23,25)/t18-/m0/s1. The van der Waals surface area contributed by atoms with Crippen molar-refractivity contribution in [3.05, 3.63) is 76.1 Å². The third-order valence-electron chi connectivity index (χ3n) is 4.39. The Balaban J connectivity index is 1.89. The molecule has 0 aliphatic rings. The molecule has 7 heteroatoms. The quantitative estimate of drug-likeness (QED) is 0.488. The number of nitrogens with one attached hydrogen (secondary N) is 1. The largest absolute Gasteiger partial charge is 0.497 e. The van der Waals surface area contributed by atoms with Gasteiger partial charge in [-0.05, 0) is 36.8 Å². The number of carbonyl (C=O) groups is 2. The van der Waals surface area contributed by atoms with E-state index in [0.717, 1.165) is 0 Å². The third-order valence-corrected chi connectivity index (χ3v) is 4.39. The van der Waals surface area contributed by atoms with Gasteiger partial charge in [-0.3, -0.25) is 9.59 Å². The molecule has 1 atom stereocenters. The molecule has 1 amide bonds. The number of rotatable bonds is 7. The first-order valence-corrected chi connectivity index (χ1v) is 9.15. The minimum absolute atomic E-state index is 0.0785. The molecule has 7 nitrogen and oxygen atoms in total. The van der Waals surface area contributed by atoms with Crippen LogP contribution in [0.15, 0.2) is 63.8 Å². The number of carbonyl (C=O) groups excluding carboxylic acids is 2. The maximum Gasteiger partial charge on any atom is 0.349 e. The summed E-state index contributed by atoms with van der Waals surface area (Å²) in [7, 11) is 1.55. The highest BCUT2D eigenvalue weighted by Gasteiger charge is 2.22. The molecule has 3 aromatic rings. The Bertz CT molecular complexity index is 1070. The number of hydrogen-bond donors (Lipinski definition) is 1. The summed E-state index contributed by atoms with van der Waals surface area (Å²) >= 11 is 0. The maximum atomic E-state index is 12.8. The van der Waals surface area contributed by atoms with Crippen molar-refractivity contribution in [2.45, 2.75) is 19.4 Å². The van der Waals surface area contributed by atoms with Crippen LogP contribution in [0, 0.1) is 0 Å². The monoisotopic (exact) mass is 395 g/mol. The van der Waals surface area contributed by atoms with E-state index >= 15 is 0 Å². The molecule has 1 N–H and O–H groups in total. The number of benzene rings is 2. The van der Waals surface area contributed by atoms with Gasteiger partial charge in [0.15, 0.2) is 0 Å². The molecule has 1 aromatic heterocycles. The molecule has 0 aliphatic heterocycles. The van der Waals surface area contributed by atoms with E-state index in [2.05, 4.69) is 5.32 Å². The van der Waals surface area contributed by atoms with Gasteiger partial charge < -0.3 is 19.2 Å². The minimum Gasteiger partial charge on any atom is -0.497 e. The van der Waals surface area contributed by atoms with Crippen LogP contribution in [0.25, 0.3) is 11.0 Å².